The van der Waals surface area contributed by atoms with Crippen molar-refractivity contribution in [3.63, 3.8) is 0 Å². The third-order valence-corrected chi connectivity index (χ3v) is 7.64. The van der Waals surface area contributed by atoms with Crippen molar-refractivity contribution >= 4 is 22.0 Å². The van der Waals surface area contributed by atoms with Crippen LogP contribution in [-0.4, -0.2) is 53.1 Å². The van der Waals surface area contributed by atoms with Crippen LogP contribution in [0.4, 0.5) is 8.78 Å². The Balaban J connectivity index is 1.72. The van der Waals surface area contributed by atoms with Crippen LogP contribution in [0.25, 0.3) is 11.5 Å². The molecule has 0 radical (unpaired) electrons. The van der Waals surface area contributed by atoms with Crippen LogP contribution in [0, 0.1) is 0 Å². The molecule has 1 fully saturated rings. The predicted octanol–water partition coefficient (Wildman–Crippen LogP) is 2.77. The molecule has 9 nitrogen and oxygen atoms in total. The number of halogens is 2. The van der Waals surface area contributed by atoms with Crippen LogP contribution in [0.1, 0.15) is 23.6 Å². The minimum atomic E-state index is -4.03. The lowest BCUT2D eigenvalue weighted by Gasteiger charge is -2.45. The van der Waals surface area contributed by atoms with Crippen LogP contribution in [0.15, 0.2) is 47.0 Å². The number of pyridine rings is 1. The molecule has 3 aromatic rings. The molecule has 0 aliphatic carbocycles. The Morgan fingerprint density at radius 2 is 2.12 bits per heavy atom. The monoisotopic (exact) mass is 497 g/mol. The summed E-state index contributed by atoms with van der Waals surface area (Å²) < 4.78 is 62.2. The molecule has 2 aromatic heterocycles. The second-order valence-corrected chi connectivity index (χ2v) is 9.97. The number of alkyl halides is 2. The maximum absolute atomic E-state index is 12.7. The van der Waals surface area contributed by atoms with E-state index in [2.05, 4.69) is 15.2 Å². The zero-order chi connectivity index (χ0) is 23.6. The van der Waals surface area contributed by atoms with Crippen LogP contribution in [0.5, 0.6) is 5.75 Å². The highest BCUT2D eigenvalue weighted by Gasteiger charge is 2.46. The molecule has 0 spiro atoms. The number of hydrogen-bond acceptors (Lipinski definition) is 8. The average molecular weight is 498 g/mol. The number of ether oxygens (including phenoxy) is 1. The van der Waals surface area contributed by atoms with Crippen molar-refractivity contribution < 1.29 is 26.4 Å². The van der Waals surface area contributed by atoms with Gasteiger partial charge >= 0.3 is 6.43 Å². The number of rotatable bonds is 7. The van der Waals surface area contributed by atoms with Gasteiger partial charge in [0.15, 0.2) is 0 Å². The Labute approximate surface area is 193 Å². The van der Waals surface area contributed by atoms with Crippen LogP contribution in [0.3, 0.4) is 0 Å². The summed E-state index contributed by atoms with van der Waals surface area (Å²) in [5.74, 6) is 0.811. The fraction of sp³-hybridized carbons (Fsp3) is 0.350. The lowest BCUT2D eigenvalue weighted by atomic mass is 9.86. The third kappa shape index (κ3) is 4.86. The number of aromatic nitrogens is 3. The molecule has 3 heterocycles. The quantitative estimate of drug-likeness (QED) is 0.528. The SMILES string of the molecule is COc1cccc(C2(Cc3ccc(-c4nnc(C(F)F)o4)cn3)CSCCN2S(N)(=O)=O)c1. The van der Waals surface area contributed by atoms with E-state index < -0.39 is 28.1 Å². The fourth-order valence-corrected chi connectivity index (χ4v) is 6.30. The van der Waals surface area contributed by atoms with Crippen molar-refractivity contribution in [3.8, 4) is 17.2 Å². The molecule has 1 saturated heterocycles. The Bertz CT molecular complexity index is 1220. The van der Waals surface area contributed by atoms with Crippen LogP contribution in [-0.2, 0) is 22.2 Å². The number of hydrogen-bond donors (Lipinski definition) is 1. The molecular formula is C20H21F2N5O4S2. The van der Waals surface area contributed by atoms with Gasteiger partial charge in [-0.3, -0.25) is 4.98 Å². The maximum Gasteiger partial charge on any atom is 0.314 e. The first-order valence-corrected chi connectivity index (χ1v) is 12.5. The standard InChI is InChI=1S/C20H21F2N5O4S2/c1-30-16-4-2-3-14(9-16)20(12-32-8-7-27(20)33(23,28)29)10-15-6-5-13(11-24-15)18-25-26-19(31-18)17(21)22/h2-6,9,11,17H,7-8,10,12H2,1H3,(H2,23,28,29). The molecule has 1 unspecified atom stereocenters. The molecular weight excluding hydrogens is 476 g/mol. The van der Waals surface area contributed by atoms with Gasteiger partial charge in [-0.2, -0.15) is 33.3 Å². The summed E-state index contributed by atoms with van der Waals surface area (Å²) >= 11 is 1.62. The summed E-state index contributed by atoms with van der Waals surface area (Å²) in [6, 6.07) is 10.5. The van der Waals surface area contributed by atoms with Crippen LogP contribution in [0.2, 0.25) is 0 Å². The van der Waals surface area contributed by atoms with Gasteiger partial charge < -0.3 is 9.15 Å². The van der Waals surface area contributed by atoms with Gasteiger partial charge in [-0.15, -0.1) is 10.2 Å². The summed E-state index contributed by atoms with van der Waals surface area (Å²) in [4.78, 5) is 4.41. The van der Waals surface area contributed by atoms with E-state index in [-0.39, 0.29) is 18.9 Å². The zero-order valence-corrected chi connectivity index (χ0v) is 19.2. The number of methoxy groups -OCH3 is 1. The first-order chi connectivity index (χ1) is 15.7. The van der Waals surface area contributed by atoms with Crippen LogP contribution >= 0.6 is 11.8 Å². The van der Waals surface area contributed by atoms with E-state index in [1.807, 2.05) is 6.07 Å². The Hall–Kier alpha value is -2.61. The molecule has 4 rings (SSSR count). The summed E-state index contributed by atoms with van der Waals surface area (Å²) in [5.41, 5.74) is 0.682. The second kappa shape index (κ2) is 9.33. The molecule has 1 aliphatic rings. The van der Waals surface area contributed by atoms with Gasteiger partial charge in [0.05, 0.1) is 18.2 Å². The smallest absolute Gasteiger partial charge is 0.314 e. The highest BCUT2D eigenvalue weighted by molar-refractivity contribution is 7.99. The molecule has 2 N–H and O–H groups in total. The summed E-state index contributed by atoms with van der Waals surface area (Å²) in [6.07, 6.45) is -1.21. The molecule has 1 aliphatic heterocycles. The van der Waals surface area contributed by atoms with Crippen molar-refractivity contribution in [2.75, 3.05) is 25.2 Å². The van der Waals surface area contributed by atoms with Crippen molar-refractivity contribution in [1.29, 1.82) is 0 Å². The number of benzene rings is 1. The molecule has 33 heavy (non-hydrogen) atoms. The van der Waals surface area contributed by atoms with E-state index in [4.69, 9.17) is 14.3 Å². The molecule has 0 bridgehead atoms. The Kier molecular flexibility index (Phi) is 6.66. The van der Waals surface area contributed by atoms with E-state index in [1.165, 1.54) is 17.6 Å². The van der Waals surface area contributed by atoms with E-state index in [0.29, 0.717) is 28.5 Å². The molecule has 13 heteroatoms. The van der Waals surface area contributed by atoms with Gasteiger partial charge in [-0.25, -0.2) is 5.14 Å². The van der Waals surface area contributed by atoms with E-state index in [1.54, 1.807) is 42.1 Å². The minimum Gasteiger partial charge on any atom is -0.497 e. The highest BCUT2D eigenvalue weighted by Crippen LogP contribution is 2.41. The molecule has 176 valence electrons. The lowest BCUT2D eigenvalue weighted by molar-refractivity contribution is 0.116. The largest absolute Gasteiger partial charge is 0.497 e. The van der Waals surface area contributed by atoms with Gasteiger partial charge in [0.1, 0.15) is 5.75 Å². The molecule has 1 aromatic carbocycles. The first kappa shape index (κ1) is 23.5. The molecule has 1 atom stereocenters. The minimum absolute atomic E-state index is 0.0776. The fourth-order valence-electron chi connectivity index (χ4n) is 3.82. The van der Waals surface area contributed by atoms with E-state index in [9.17, 15) is 17.2 Å². The second-order valence-electron chi connectivity index (χ2n) is 7.39. The number of nitrogens with two attached hydrogens (primary N) is 1. The third-order valence-electron chi connectivity index (χ3n) is 5.34. The van der Waals surface area contributed by atoms with E-state index >= 15 is 0 Å². The van der Waals surface area contributed by atoms with Gasteiger partial charge in [0.2, 0.25) is 5.89 Å². The van der Waals surface area contributed by atoms with Gasteiger partial charge in [0.25, 0.3) is 16.1 Å². The summed E-state index contributed by atoms with van der Waals surface area (Å²) in [5, 5.41) is 12.6. The van der Waals surface area contributed by atoms with Crippen molar-refractivity contribution in [2.24, 2.45) is 5.14 Å². The van der Waals surface area contributed by atoms with Gasteiger partial charge in [-0.05, 0) is 29.8 Å². The topological polar surface area (TPSA) is 124 Å². The Morgan fingerprint density at radius 1 is 1.30 bits per heavy atom. The van der Waals surface area contributed by atoms with Gasteiger partial charge in [0, 0.05) is 36.4 Å². The maximum atomic E-state index is 12.7. The molecule has 0 saturated carbocycles. The normalized spacial score (nSPS) is 19.7. The van der Waals surface area contributed by atoms with Crippen LogP contribution < -0.4 is 9.88 Å². The first-order valence-electron chi connectivity index (χ1n) is 9.82. The van der Waals surface area contributed by atoms with Crippen molar-refractivity contribution in [3.05, 3.63) is 59.7 Å². The van der Waals surface area contributed by atoms with Crippen molar-refractivity contribution in [1.82, 2.24) is 19.5 Å². The zero-order valence-electron chi connectivity index (χ0n) is 17.5. The highest BCUT2D eigenvalue weighted by atomic mass is 32.2. The van der Waals surface area contributed by atoms with E-state index in [0.717, 1.165) is 5.56 Å². The number of thioether (sulfide) groups is 1. The lowest BCUT2D eigenvalue weighted by Crippen LogP contribution is -2.57. The summed E-state index contributed by atoms with van der Waals surface area (Å²) in [7, 11) is -2.49. The Morgan fingerprint density at radius 3 is 2.76 bits per heavy atom. The van der Waals surface area contributed by atoms with Gasteiger partial charge in [-0.1, -0.05) is 12.1 Å². The molecule has 0 amide bonds. The average Bonchev–Trinajstić information content (AvgIpc) is 3.30. The predicted molar refractivity (Wildman–Crippen MR) is 118 cm³/mol. The number of nitrogens with zero attached hydrogens (tertiary/aromatic N) is 4. The summed E-state index contributed by atoms with van der Waals surface area (Å²) in [6.45, 7) is 0.247. The van der Waals surface area contributed by atoms with Crippen molar-refractivity contribution in [2.45, 2.75) is 18.4 Å².